The van der Waals surface area contributed by atoms with E-state index in [1.165, 1.54) is 4.68 Å². The van der Waals surface area contributed by atoms with Crippen LogP contribution in [0.5, 0.6) is 0 Å². The molecular weight excluding hydrogens is 140 g/mol. The van der Waals surface area contributed by atoms with Gasteiger partial charge in [0.1, 0.15) is 0 Å². The van der Waals surface area contributed by atoms with Crippen LogP contribution in [-0.4, -0.2) is 9.78 Å². The summed E-state index contributed by atoms with van der Waals surface area (Å²) in [6.07, 6.45) is 1.65. The van der Waals surface area contributed by atoms with Crippen molar-refractivity contribution in [2.24, 2.45) is 7.05 Å². The molecule has 11 heavy (non-hydrogen) atoms. The molecule has 3 heteroatoms. The lowest BCUT2D eigenvalue weighted by molar-refractivity contribution is 0.703. The lowest BCUT2D eigenvalue weighted by atomic mass is 10.4. The highest BCUT2D eigenvalue weighted by Crippen LogP contribution is 1.83. The molecule has 0 saturated heterocycles. The lowest BCUT2D eigenvalue weighted by Gasteiger charge is -1.92. The van der Waals surface area contributed by atoms with Gasteiger partial charge in [0, 0.05) is 13.1 Å². The maximum atomic E-state index is 10.7. The minimum Gasteiger partial charge on any atom is -0.268 e. The smallest absolute Gasteiger partial charge is 0.266 e. The third kappa shape index (κ3) is 2.98. The minimum absolute atomic E-state index is 0.0602. The minimum atomic E-state index is -0.0602. The average Bonchev–Trinajstić information content (AvgIpc) is 2.02. The summed E-state index contributed by atoms with van der Waals surface area (Å²) in [4.78, 5) is 10.7. The fourth-order valence-electron chi connectivity index (χ4n) is 0.560. The van der Waals surface area contributed by atoms with Crippen molar-refractivity contribution in [1.82, 2.24) is 9.78 Å². The van der Waals surface area contributed by atoms with Crippen molar-refractivity contribution < 1.29 is 0 Å². The fourth-order valence-corrected chi connectivity index (χ4v) is 0.560. The van der Waals surface area contributed by atoms with Crippen LogP contribution in [0.1, 0.15) is 19.4 Å². The van der Waals surface area contributed by atoms with Crippen molar-refractivity contribution in [3.8, 4) is 0 Å². The predicted octanol–water partition coefficient (Wildman–Crippen LogP) is 1.11. The quantitative estimate of drug-likeness (QED) is 0.561. The molecule has 0 spiro atoms. The van der Waals surface area contributed by atoms with E-state index in [2.05, 4.69) is 5.10 Å². The number of hydrogen-bond donors (Lipinski definition) is 0. The molecule has 0 N–H and O–H groups in total. The standard InChI is InChI=1S/C6H8N2O.C2H6/c1-5-3-6(9)8(2)7-4-5;1-2/h3-4H,1-2H3;1-2H3. The highest BCUT2D eigenvalue weighted by Gasteiger charge is 1.87. The van der Waals surface area contributed by atoms with Crippen LogP contribution in [0.15, 0.2) is 17.1 Å². The van der Waals surface area contributed by atoms with Crippen LogP contribution in [0.3, 0.4) is 0 Å². The summed E-state index contributed by atoms with van der Waals surface area (Å²) in [5.41, 5.74) is 0.841. The molecule has 0 unspecified atom stereocenters. The van der Waals surface area contributed by atoms with E-state index in [1.54, 1.807) is 19.3 Å². The molecule has 0 aliphatic carbocycles. The monoisotopic (exact) mass is 154 g/mol. The SMILES string of the molecule is CC.Cc1cnn(C)c(=O)c1. The zero-order chi connectivity index (χ0) is 8.85. The van der Waals surface area contributed by atoms with Crippen molar-refractivity contribution in [3.63, 3.8) is 0 Å². The molecule has 0 aliphatic heterocycles. The largest absolute Gasteiger partial charge is 0.268 e. The summed E-state index contributed by atoms with van der Waals surface area (Å²) in [5.74, 6) is 0. The van der Waals surface area contributed by atoms with E-state index in [1.807, 2.05) is 20.8 Å². The predicted molar refractivity (Wildman–Crippen MR) is 45.6 cm³/mol. The Morgan fingerprint density at radius 1 is 1.45 bits per heavy atom. The van der Waals surface area contributed by atoms with E-state index in [0.29, 0.717) is 0 Å². The Balaban J connectivity index is 0.000000461. The van der Waals surface area contributed by atoms with Gasteiger partial charge >= 0.3 is 0 Å². The second-order valence-electron chi connectivity index (χ2n) is 1.99. The van der Waals surface area contributed by atoms with Crippen LogP contribution in [0.4, 0.5) is 0 Å². The van der Waals surface area contributed by atoms with Crippen molar-refractivity contribution in [2.45, 2.75) is 20.8 Å². The van der Waals surface area contributed by atoms with Crippen LogP contribution >= 0.6 is 0 Å². The Morgan fingerprint density at radius 2 is 2.00 bits per heavy atom. The summed E-state index contributed by atoms with van der Waals surface area (Å²) >= 11 is 0. The molecule has 1 aromatic rings. The van der Waals surface area contributed by atoms with E-state index in [-0.39, 0.29) is 5.56 Å². The lowest BCUT2D eigenvalue weighted by Crippen LogP contribution is -2.17. The molecule has 0 amide bonds. The van der Waals surface area contributed by atoms with Gasteiger partial charge < -0.3 is 0 Å². The van der Waals surface area contributed by atoms with E-state index < -0.39 is 0 Å². The number of hydrogen-bond acceptors (Lipinski definition) is 2. The molecule has 1 heterocycles. The number of nitrogens with zero attached hydrogens (tertiary/aromatic N) is 2. The maximum absolute atomic E-state index is 10.7. The van der Waals surface area contributed by atoms with Gasteiger partial charge in [-0.05, 0) is 12.5 Å². The molecular formula is C8H14N2O. The zero-order valence-electron chi connectivity index (χ0n) is 7.46. The molecule has 1 aromatic heterocycles. The summed E-state index contributed by atoms with van der Waals surface area (Å²) in [7, 11) is 1.63. The van der Waals surface area contributed by atoms with Gasteiger partial charge in [0.05, 0.1) is 6.20 Å². The Bertz CT molecular complexity index is 265. The second-order valence-corrected chi connectivity index (χ2v) is 1.99. The molecule has 0 bridgehead atoms. The summed E-state index contributed by atoms with van der Waals surface area (Å²) in [5, 5.41) is 3.78. The van der Waals surface area contributed by atoms with E-state index in [9.17, 15) is 4.79 Å². The number of rotatable bonds is 0. The molecule has 3 nitrogen and oxygen atoms in total. The van der Waals surface area contributed by atoms with Crippen LogP contribution in [0.25, 0.3) is 0 Å². The summed E-state index contributed by atoms with van der Waals surface area (Å²) < 4.78 is 1.30. The van der Waals surface area contributed by atoms with Crippen LogP contribution < -0.4 is 5.56 Å². The van der Waals surface area contributed by atoms with Crippen LogP contribution in [0.2, 0.25) is 0 Å². The van der Waals surface area contributed by atoms with Crippen molar-refractivity contribution >= 4 is 0 Å². The van der Waals surface area contributed by atoms with Gasteiger partial charge in [-0.1, -0.05) is 13.8 Å². The third-order valence-electron chi connectivity index (χ3n) is 1.10. The Hall–Kier alpha value is -1.12. The Morgan fingerprint density at radius 3 is 2.36 bits per heavy atom. The first-order chi connectivity index (χ1) is 5.20. The zero-order valence-corrected chi connectivity index (χ0v) is 7.46. The van der Waals surface area contributed by atoms with Gasteiger partial charge in [-0.25, -0.2) is 4.68 Å². The first-order valence-electron chi connectivity index (χ1n) is 3.70. The Labute approximate surface area is 66.7 Å². The molecule has 0 aliphatic rings. The van der Waals surface area contributed by atoms with Crippen molar-refractivity contribution in [1.29, 1.82) is 0 Å². The molecule has 0 fully saturated rings. The average molecular weight is 154 g/mol. The van der Waals surface area contributed by atoms with Crippen molar-refractivity contribution in [2.75, 3.05) is 0 Å². The van der Waals surface area contributed by atoms with Gasteiger partial charge in [0.2, 0.25) is 0 Å². The molecule has 0 atom stereocenters. The topological polar surface area (TPSA) is 34.9 Å². The van der Waals surface area contributed by atoms with Gasteiger partial charge in [-0.3, -0.25) is 4.79 Å². The third-order valence-corrected chi connectivity index (χ3v) is 1.10. The van der Waals surface area contributed by atoms with E-state index in [0.717, 1.165) is 5.56 Å². The van der Waals surface area contributed by atoms with Crippen molar-refractivity contribution in [3.05, 3.63) is 28.2 Å². The molecule has 0 aromatic carbocycles. The summed E-state index contributed by atoms with van der Waals surface area (Å²) in [6.45, 7) is 5.84. The fraction of sp³-hybridized carbons (Fsp3) is 0.500. The number of aromatic nitrogens is 2. The van der Waals surface area contributed by atoms with Gasteiger partial charge in [-0.15, -0.1) is 0 Å². The maximum Gasteiger partial charge on any atom is 0.266 e. The second kappa shape index (κ2) is 4.66. The number of aryl methyl sites for hydroxylation is 2. The van der Waals surface area contributed by atoms with Crippen LogP contribution in [0, 0.1) is 6.92 Å². The molecule has 62 valence electrons. The van der Waals surface area contributed by atoms with Crippen LogP contribution in [-0.2, 0) is 7.05 Å². The highest BCUT2D eigenvalue weighted by molar-refractivity contribution is 5.01. The van der Waals surface area contributed by atoms with Gasteiger partial charge in [0.15, 0.2) is 0 Å². The van der Waals surface area contributed by atoms with E-state index >= 15 is 0 Å². The Kier molecular flexibility index (Phi) is 4.18. The van der Waals surface area contributed by atoms with Gasteiger partial charge in [0.25, 0.3) is 5.56 Å². The first-order valence-corrected chi connectivity index (χ1v) is 3.70. The normalized spacial score (nSPS) is 8.36. The molecule has 0 radical (unpaired) electrons. The molecule has 0 saturated carbocycles. The summed E-state index contributed by atoms with van der Waals surface area (Å²) in [6, 6.07) is 1.55. The van der Waals surface area contributed by atoms with E-state index in [4.69, 9.17) is 0 Å². The highest BCUT2D eigenvalue weighted by atomic mass is 16.1. The molecule has 1 rings (SSSR count). The van der Waals surface area contributed by atoms with Gasteiger partial charge in [-0.2, -0.15) is 5.10 Å². The first kappa shape index (κ1) is 9.88.